The third kappa shape index (κ3) is 2.99. The molecule has 0 atom stereocenters. The fourth-order valence-corrected chi connectivity index (χ4v) is 4.35. The van der Waals surface area contributed by atoms with E-state index in [9.17, 15) is 8.42 Å². The van der Waals surface area contributed by atoms with Crippen LogP contribution >= 0.6 is 23.2 Å². The van der Waals surface area contributed by atoms with E-state index in [-0.39, 0.29) is 9.92 Å². The van der Waals surface area contributed by atoms with Crippen molar-refractivity contribution in [2.75, 3.05) is 13.1 Å². The van der Waals surface area contributed by atoms with E-state index in [4.69, 9.17) is 23.2 Å². The van der Waals surface area contributed by atoms with Gasteiger partial charge in [-0.1, -0.05) is 36.0 Å². The Hall–Kier alpha value is -0.290. The average molecular weight is 308 g/mol. The van der Waals surface area contributed by atoms with Crippen molar-refractivity contribution >= 4 is 33.2 Å². The van der Waals surface area contributed by atoms with Crippen molar-refractivity contribution in [2.24, 2.45) is 0 Å². The van der Waals surface area contributed by atoms with E-state index in [1.807, 2.05) is 0 Å². The first kappa shape index (κ1) is 14.1. The van der Waals surface area contributed by atoms with Crippen molar-refractivity contribution in [2.45, 2.75) is 30.6 Å². The Morgan fingerprint density at radius 2 is 1.61 bits per heavy atom. The fourth-order valence-electron chi connectivity index (χ4n) is 2.10. The average Bonchev–Trinajstić information content (AvgIpc) is 2.61. The highest BCUT2D eigenvalue weighted by Crippen LogP contribution is 2.28. The van der Waals surface area contributed by atoms with E-state index < -0.39 is 10.0 Å². The van der Waals surface area contributed by atoms with E-state index >= 15 is 0 Å². The molecule has 18 heavy (non-hydrogen) atoms. The molecular formula is C12H15Cl2NO2S. The zero-order valence-electron chi connectivity index (χ0n) is 9.90. The summed E-state index contributed by atoms with van der Waals surface area (Å²) in [7, 11) is -3.52. The molecule has 1 aliphatic rings. The van der Waals surface area contributed by atoms with Crippen LogP contribution in [0.2, 0.25) is 10.0 Å². The number of hydrogen-bond donors (Lipinski definition) is 0. The molecule has 100 valence electrons. The summed E-state index contributed by atoms with van der Waals surface area (Å²) >= 11 is 11.8. The van der Waals surface area contributed by atoms with Gasteiger partial charge in [0.05, 0.1) is 5.02 Å². The van der Waals surface area contributed by atoms with E-state index in [2.05, 4.69) is 0 Å². The summed E-state index contributed by atoms with van der Waals surface area (Å²) < 4.78 is 26.5. The van der Waals surface area contributed by atoms with Crippen LogP contribution in [0.3, 0.4) is 0 Å². The molecule has 0 radical (unpaired) electrons. The molecule has 0 N–H and O–H groups in total. The summed E-state index contributed by atoms with van der Waals surface area (Å²) in [5, 5.41) is 0.608. The van der Waals surface area contributed by atoms with Crippen molar-refractivity contribution in [1.29, 1.82) is 0 Å². The lowest BCUT2D eigenvalue weighted by molar-refractivity contribution is 0.424. The number of rotatable bonds is 2. The number of benzene rings is 1. The minimum absolute atomic E-state index is 0.110. The molecule has 6 heteroatoms. The van der Waals surface area contributed by atoms with Gasteiger partial charge in [-0.3, -0.25) is 0 Å². The summed E-state index contributed by atoms with van der Waals surface area (Å²) in [6.45, 7) is 1.12. The van der Waals surface area contributed by atoms with Gasteiger partial charge >= 0.3 is 0 Å². The first-order chi connectivity index (χ1) is 8.51. The minimum Gasteiger partial charge on any atom is -0.207 e. The smallest absolute Gasteiger partial charge is 0.207 e. The molecule has 1 heterocycles. The molecule has 0 amide bonds. The minimum atomic E-state index is -3.52. The standard InChI is InChI=1S/C12H15Cl2NO2S/c13-10-5-6-11(14)12(9-10)18(16,17)15-7-3-1-2-4-8-15/h5-6,9H,1-4,7-8H2. The van der Waals surface area contributed by atoms with Gasteiger partial charge in [0.1, 0.15) is 4.90 Å². The van der Waals surface area contributed by atoms with Gasteiger partial charge in [0.2, 0.25) is 10.0 Å². The molecule has 0 aliphatic carbocycles. The Morgan fingerprint density at radius 1 is 1.00 bits per heavy atom. The largest absolute Gasteiger partial charge is 0.244 e. The van der Waals surface area contributed by atoms with Crippen LogP contribution < -0.4 is 0 Å². The van der Waals surface area contributed by atoms with Gasteiger partial charge in [0, 0.05) is 18.1 Å². The molecule has 0 aromatic heterocycles. The van der Waals surface area contributed by atoms with Gasteiger partial charge in [0.25, 0.3) is 0 Å². The Bertz CT molecular complexity index is 523. The van der Waals surface area contributed by atoms with Crippen molar-refractivity contribution in [3.05, 3.63) is 28.2 Å². The molecule has 1 aromatic rings. The van der Waals surface area contributed by atoms with Crippen LogP contribution in [0, 0.1) is 0 Å². The highest BCUT2D eigenvalue weighted by Gasteiger charge is 2.27. The number of sulfonamides is 1. The molecule has 0 saturated carbocycles. The Morgan fingerprint density at radius 3 is 2.22 bits per heavy atom. The Balaban J connectivity index is 2.37. The van der Waals surface area contributed by atoms with Crippen LogP contribution in [-0.2, 0) is 10.0 Å². The SMILES string of the molecule is O=S(=O)(c1cc(Cl)ccc1Cl)N1CCCCCC1. The summed E-state index contributed by atoms with van der Waals surface area (Å²) in [5.74, 6) is 0. The molecule has 2 rings (SSSR count). The van der Waals surface area contributed by atoms with Gasteiger partial charge in [-0.15, -0.1) is 0 Å². The highest BCUT2D eigenvalue weighted by molar-refractivity contribution is 7.89. The van der Waals surface area contributed by atoms with Crippen LogP contribution in [-0.4, -0.2) is 25.8 Å². The van der Waals surface area contributed by atoms with Crippen LogP contribution in [0.15, 0.2) is 23.1 Å². The van der Waals surface area contributed by atoms with E-state index in [0.717, 1.165) is 25.7 Å². The van der Waals surface area contributed by atoms with Gasteiger partial charge in [-0.05, 0) is 31.0 Å². The van der Waals surface area contributed by atoms with E-state index in [0.29, 0.717) is 18.1 Å². The predicted octanol–water partition coefficient (Wildman–Crippen LogP) is 3.56. The topological polar surface area (TPSA) is 37.4 Å². The van der Waals surface area contributed by atoms with E-state index in [1.54, 1.807) is 6.07 Å². The summed E-state index contributed by atoms with van der Waals surface area (Å²) in [4.78, 5) is 0.110. The molecule has 1 fully saturated rings. The van der Waals surface area contributed by atoms with Crippen LogP contribution in [0.1, 0.15) is 25.7 Å². The number of halogens is 2. The van der Waals surface area contributed by atoms with Gasteiger partial charge in [0.15, 0.2) is 0 Å². The van der Waals surface area contributed by atoms with Crippen LogP contribution in [0.4, 0.5) is 0 Å². The first-order valence-electron chi connectivity index (χ1n) is 5.97. The lowest BCUT2D eigenvalue weighted by atomic mass is 10.2. The van der Waals surface area contributed by atoms with Crippen molar-refractivity contribution in [1.82, 2.24) is 4.31 Å². The van der Waals surface area contributed by atoms with Crippen LogP contribution in [0.25, 0.3) is 0 Å². The van der Waals surface area contributed by atoms with Gasteiger partial charge < -0.3 is 0 Å². The predicted molar refractivity (Wildman–Crippen MR) is 73.7 cm³/mol. The van der Waals surface area contributed by atoms with Crippen molar-refractivity contribution in [3.63, 3.8) is 0 Å². The number of nitrogens with zero attached hydrogens (tertiary/aromatic N) is 1. The second-order valence-corrected chi connectivity index (χ2v) is 7.14. The molecular weight excluding hydrogens is 293 g/mol. The van der Waals surface area contributed by atoms with Gasteiger partial charge in [-0.2, -0.15) is 4.31 Å². The number of hydrogen-bond acceptors (Lipinski definition) is 2. The molecule has 0 bridgehead atoms. The Kier molecular flexibility index (Phi) is 4.54. The summed E-state index contributed by atoms with van der Waals surface area (Å²) in [6.07, 6.45) is 3.96. The second kappa shape index (κ2) is 5.78. The highest BCUT2D eigenvalue weighted by atomic mass is 35.5. The maximum absolute atomic E-state index is 12.5. The van der Waals surface area contributed by atoms with Gasteiger partial charge in [-0.25, -0.2) is 8.42 Å². The summed E-state index contributed by atoms with van der Waals surface area (Å²) in [6, 6.07) is 4.53. The molecule has 1 aromatic carbocycles. The van der Waals surface area contributed by atoms with E-state index in [1.165, 1.54) is 16.4 Å². The first-order valence-corrected chi connectivity index (χ1v) is 8.16. The quantitative estimate of drug-likeness (QED) is 0.838. The lowest BCUT2D eigenvalue weighted by Gasteiger charge is -2.20. The van der Waals surface area contributed by atoms with Crippen molar-refractivity contribution in [3.8, 4) is 0 Å². The van der Waals surface area contributed by atoms with Crippen molar-refractivity contribution < 1.29 is 8.42 Å². The monoisotopic (exact) mass is 307 g/mol. The molecule has 0 spiro atoms. The molecule has 1 saturated heterocycles. The maximum atomic E-state index is 12.5. The second-order valence-electron chi connectivity index (χ2n) is 4.39. The molecule has 3 nitrogen and oxygen atoms in total. The fraction of sp³-hybridized carbons (Fsp3) is 0.500. The lowest BCUT2D eigenvalue weighted by Crippen LogP contribution is -2.32. The third-order valence-electron chi connectivity index (χ3n) is 3.08. The normalized spacial score (nSPS) is 18.6. The zero-order chi connectivity index (χ0) is 13.2. The van der Waals surface area contributed by atoms with Crippen LogP contribution in [0.5, 0.6) is 0 Å². The zero-order valence-corrected chi connectivity index (χ0v) is 12.2. The molecule has 0 unspecified atom stereocenters. The third-order valence-corrected chi connectivity index (χ3v) is 5.69. The molecule has 1 aliphatic heterocycles. The Labute approximate surface area is 118 Å². The summed E-state index contributed by atoms with van der Waals surface area (Å²) in [5.41, 5.74) is 0. The maximum Gasteiger partial charge on any atom is 0.244 e.